The van der Waals surface area contributed by atoms with Crippen molar-refractivity contribution in [1.82, 2.24) is 4.98 Å². The number of H-pyrrole nitrogens is 1. The van der Waals surface area contributed by atoms with E-state index in [0.717, 1.165) is 5.56 Å². The molecule has 1 saturated heterocycles. The molecule has 0 radical (unpaired) electrons. The molecule has 2 heterocycles. The molecule has 2 aromatic rings. The largest absolute Gasteiger partial charge is 0.417 e. The number of aromatic amines is 1. The first-order valence-corrected chi connectivity index (χ1v) is 5.58. The Balaban J connectivity index is 2.14. The van der Waals surface area contributed by atoms with E-state index in [1.807, 2.05) is 19.1 Å². The van der Waals surface area contributed by atoms with Crippen molar-refractivity contribution in [3.8, 4) is 0 Å². The number of benzene rings is 1. The first-order chi connectivity index (χ1) is 8.12. The average molecular weight is 234 g/mol. The normalized spacial score (nSPS) is 20.1. The molecule has 1 aliphatic heterocycles. The van der Waals surface area contributed by atoms with Gasteiger partial charge < -0.3 is 14.9 Å². The van der Waals surface area contributed by atoms with Crippen LogP contribution in [0, 0.1) is 0 Å². The number of nitrogens with two attached hydrogens (primary N) is 1. The summed E-state index contributed by atoms with van der Waals surface area (Å²) in [5.41, 5.74) is 8.26. The van der Waals surface area contributed by atoms with Gasteiger partial charge in [0.2, 0.25) is 0 Å². The molecule has 1 aliphatic rings. The van der Waals surface area contributed by atoms with E-state index in [4.69, 9.17) is 14.9 Å². The minimum Gasteiger partial charge on any atom is -0.408 e. The Morgan fingerprint density at radius 2 is 2.24 bits per heavy atom. The lowest BCUT2D eigenvalue weighted by atomic mass is 9.73. The van der Waals surface area contributed by atoms with Crippen LogP contribution in [-0.2, 0) is 10.2 Å². The van der Waals surface area contributed by atoms with E-state index in [0.29, 0.717) is 24.3 Å². The number of aromatic nitrogens is 1. The van der Waals surface area contributed by atoms with Crippen molar-refractivity contribution in [3.05, 3.63) is 34.3 Å². The highest BCUT2D eigenvalue weighted by atomic mass is 16.5. The Bertz CT molecular complexity index is 607. The van der Waals surface area contributed by atoms with Gasteiger partial charge in [0.15, 0.2) is 5.58 Å². The van der Waals surface area contributed by atoms with Gasteiger partial charge in [-0.15, -0.1) is 0 Å². The van der Waals surface area contributed by atoms with Crippen molar-refractivity contribution in [2.45, 2.75) is 18.4 Å². The number of rotatable bonds is 2. The molecule has 17 heavy (non-hydrogen) atoms. The minimum atomic E-state index is -0.433. The van der Waals surface area contributed by atoms with Gasteiger partial charge in [0.25, 0.3) is 0 Å². The quantitative estimate of drug-likeness (QED) is 0.802. The topological polar surface area (TPSA) is 81.2 Å². The molecule has 1 aromatic carbocycles. The van der Waals surface area contributed by atoms with E-state index >= 15 is 0 Å². The number of oxazole rings is 1. The summed E-state index contributed by atoms with van der Waals surface area (Å²) in [6.45, 7) is 3.22. The first kappa shape index (κ1) is 10.6. The molecule has 1 unspecified atom stereocenters. The zero-order valence-corrected chi connectivity index (χ0v) is 9.53. The molecular formula is C12H14N2O3. The maximum atomic E-state index is 11.1. The Kier molecular flexibility index (Phi) is 2.14. The third kappa shape index (κ3) is 1.43. The highest BCUT2D eigenvalue weighted by molar-refractivity contribution is 5.73. The first-order valence-electron chi connectivity index (χ1n) is 5.58. The molecule has 1 atom stereocenters. The average Bonchev–Trinajstić information content (AvgIpc) is 2.54. The predicted molar refractivity (Wildman–Crippen MR) is 63.0 cm³/mol. The van der Waals surface area contributed by atoms with Gasteiger partial charge in [-0.2, -0.15) is 0 Å². The summed E-state index contributed by atoms with van der Waals surface area (Å²) < 4.78 is 10.3. The smallest absolute Gasteiger partial charge is 0.408 e. The standard InChI is InChI=1S/C12H14N2O3/c1-7(13)12(5-16-6-12)8-2-3-10-9(4-8)14-11(15)17-10/h2-4,7H,5-6,13H2,1H3,(H,14,15). The van der Waals surface area contributed by atoms with Gasteiger partial charge in [0, 0.05) is 6.04 Å². The second-order valence-electron chi connectivity index (χ2n) is 4.66. The number of ether oxygens (including phenoxy) is 1. The molecule has 1 fully saturated rings. The molecule has 3 N–H and O–H groups in total. The molecule has 3 rings (SSSR count). The number of fused-ring (bicyclic) bond motifs is 1. The SMILES string of the molecule is CC(N)C1(c2ccc3oc(=O)[nH]c3c2)COC1. The molecule has 0 amide bonds. The third-order valence-corrected chi connectivity index (χ3v) is 3.58. The molecule has 0 spiro atoms. The molecule has 90 valence electrons. The molecule has 0 aliphatic carbocycles. The van der Waals surface area contributed by atoms with E-state index in [1.165, 1.54) is 0 Å². The lowest BCUT2D eigenvalue weighted by molar-refractivity contribution is -0.0701. The van der Waals surface area contributed by atoms with Crippen molar-refractivity contribution in [3.63, 3.8) is 0 Å². The van der Waals surface area contributed by atoms with E-state index < -0.39 is 5.76 Å². The number of hydrogen-bond acceptors (Lipinski definition) is 4. The van der Waals surface area contributed by atoms with Crippen LogP contribution in [0.25, 0.3) is 11.1 Å². The Morgan fingerprint density at radius 3 is 2.82 bits per heavy atom. The van der Waals surface area contributed by atoms with E-state index in [1.54, 1.807) is 6.07 Å². The molecule has 1 aromatic heterocycles. The third-order valence-electron chi connectivity index (χ3n) is 3.58. The van der Waals surface area contributed by atoms with Gasteiger partial charge >= 0.3 is 5.76 Å². The Labute approximate surface area is 97.6 Å². The van der Waals surface area contributed by atoms with Crippen molar-refractivity contribution in [1.29, 1.82) is 0 Å². The maximum Gasteiger partial charge on any atom is 0.417 e. The van der Waals surface area contributed by atoms with Crippen LogP contribution >= 0.6 is 0 Å². The van der Waals surface area contributed by atoms with E-state index in [9.17, 15) is 4.79 Å². The van der Waals surface area contributed by atoms with Crippen LogP contribution in [0.5, 0.6) is 0 Å². The number of hydrogen-bond donors (Lipinski definition) is 2. The fourth-order valence-corrected chi connectivity index (χ4v) is 2.28. The summed E-state index contributed by atoms with van der Waals surface area (Å²) in [7, 11) is 0. The van der Waals surface area contributed by atoms with Crippen LogP contribution in [0.3, 0.4) is 0 Å². The van der Waals surface area contributed by atoms with Gasteiger partial charge in [-0.25, -0.2) is 4.79 Å². The summed E-state index contributed by atoms with van der Waals surface area (Å²) in [6, 6.07) is 5.68. The highest BCUT2D eigenvalue weighted by Gasteiger charge is 2.43. The second kappa shape index (κ2) is 3.45. The zero-order valence-electron chi connectivity index (χ0n) is 9.53. The van der Waals surface area contributed by atoms with E-state index in [-0.39, 0.29) is 11.5 Å². The monoisotopic (exact) mass is 234 g/mol. The van der Waals surface area contributed by atoms with Crippen LogP contribution in [0.2, 0.25) is 0 Å². The van der Waals surface area contributed by atoms with Crippen molar-refractivity contribution in [2.75, 3.05) is 13.2 Å². The molecule has 5 heteroatoms. The van der Waals surface area contributed by atoms with Gasteiger partial charge in [0.05, 0.1) is 24.1 Å². The van der Waals surface area contributed by atoms with Gasteiger partial charge in [-0.1, -0.05) is 6.07 Å². The summed E-state index contributed by atoms with van der Waals surface area (Å²) >= 11 is 0. The molecule has 0 bridgehead atoms. The van der Waals surface area contributed by atoms with Crippen LogP contribution in [0.4, 0.5) is 0 Å². The van der Waals surface area contributed by atoms with Crippen LogP contribution < -0.4 is 11.5 Å². The molecular weight excluding hydrogens is 220 g/mol. The second-order valence-corrected chi connectivity index (χ2v) is 4.66. The minimum absolute atomic E-state index is 0.00678. The summed E-state index contributed by atoms with van der Waals surface area (Å²) in [6.07, 6.45) is 0. The van der Waals surface area contributed by atoms with E-state index in [2.05, 4.69) is 4.98 Å². The predicted octanol–water partition coefficient (Wildman–Crippen LogP) is 0.736. The maximum absolute atomic E-state index is 11.1. The van der Waals surface area contributed by atoms with Crippen molar-refractivity contribution >= 4 is 11.1 Å². The fraction of sp³-hybridized carbons (Fsp3) is 0.417. The lowest BCUT2D eigenvalue weighted by Crippen LogP contribution is -2.57. The number of nitrogens with one attached hydrogen (secondary N) is 1. The molecule has 0 saturated carbocycles. The zero-order chi connectivity index (χ0) is 12.0. The van der Waals surface area contributed by atoms with Crippen molar-refractivity contribution < 1.29 is 9.15 Å². The summed E-state index contributed by atoms with van der Waals surface area (Å²) in [4.78, 5) is 13.7. The van der Waals surface area contributed by atoms with Gasteiger partial charge in [-0.3, -0.25) is 4.98 Å². The van der Waals surface area contributed by atoms with Crippen LogP contribution in [0.15, 0.2) is 27.4 Å². The Morgan fingerprint density at radius 1 is 1.47 bits per heavy atom. The van der Waals surface area contributed by atoms with Gasteiger partial charge in [0.1, 0.15) is 0 Å². The van der Waals surface area contributed by atoms with Gasteiger partial charge in [-0.05, 0) is 24.6 Å². The fourth-order valence-electron chi connectivity index (χ4n) is 2.28. The Hall–Kier alpha value is -1.59. The summed E-state index contributed by atoms with van der Waals surface area (Å²) in [5.74, 6) is -0.433. The molecule has 5 nitrogen and oxygen atoms in total. The van der Waals surface area contributed by atoms with Crippen LogP contribution in [0.1, 0.15) is 12.5 Å². The van der Waals surface area contributed by atoms with Crippen molar-refractivity contribution in [2.24, 2.45) is 5.73 Å². The summed E-state index contributed by atoms with van der Waals surface area (Å²) in [5, 5.41) is 0. The lowest BCUT2D eigenvalue weighted by Gasteiger charge is -2.45. The van der Waals surface area contributed by atoms with Crippen LogP contribution in [-0.4, -0.2) is 24.2 Å². The highest BCUT2D eigenvalue weighted by Crippen LogP contribution is 2.35.